The summed E-state index contributed by atoms with van der Waals surface area (Å²) in [7, 11) is -3.20. The maximum atomic E-state index is 11.9. The lowest BCUT2D eigenvalue weighted by Crippen LogP contribution is -2.38. The van der Waals surface area contributed by atoms with Crippen LogP contribution in [0.2, 0.25) is 0 Å². The fourth-order valence-corrected chi connectivity index (χ4v) is 3.86. The van der Waals surface area contributed by atoms with Crippen molar-refractivity contribution in [1.82, 2.24) is 19.4 Å². The number of aryl methyl sites for hydroxylation is 2. The number of rotatable bonds is 3. The van der Waals surface area contributed by atoms with Gasteiger partial charge < -0.3 is 4.52 Å². The zero-order valence-electron chi connectivity index (χ0n) is 13.5. The van der Waals surface area contributed by atoms with E-state index in [9.17, 15) is 8.42 Å². The molecule has 2 aromatic heterocycles. The molecule has 124 valence electrons. The Kier molecular flexibility index (Phi) is 4.20. The highest BCUT2D eigenvalue weighted by Gasteiger charge is 2.30. The molecule has 23 heavy (non-hydrogen) atoms. The lowest BCUT2D eigenvalue weighted by atomic mass is 9.92. The first-order valence-corrected chi connectivity index (χ1v) is 9.42. The number of aromatic nitrogens is 3. The molecule has 0 aromatic carbocycles. The largest absolute Gasteiger partial charge is 0.356 e. The smallest absolute Gasteiger partial charge is 0.211 e. The molecule has 1 atom stereocenters. The minimum absolute atomic E-state index is 0.0283. The first kappa shape index (κ1) is 16.1. The van der Waals surface area contributed by atoms with Gasteiger partial charge in [-0.1, -0.05) is 5.16 Å². The number of hydrogen-bond acceptors (Lipinski definition) is 6. The Morgan fingerprint density at radius 2 is 2.13 bits per heavy atom. The van der Waals surface area contributed by atoms with Crippen LogP contribution in [0, 0.1) is 13.8 Å². The van der Waals surface area contributed by atoms with Crippen LogP contribution < -0.4 is 0 Å². The molecule has 1 fully saturated rings. The summed E-state index contributed by atoms with van der Waals surface area (Å²) in [4.78, 5) is 8.84. The Hall–Kier alpha value is -1.80. The van der Waals surface area contributed by atoms with Crippen LogP contribution in [-0.4, -0.2) is 47.2 Å². The van der Waals surface area contributed by atoms with E-state index in [-0.39, 0.29) is 5.92 Å². The van der Waals surface area contributed by atoms with Crippen LogP contribution >= 0.6 is 0 Å². The molecule has 0 amide bonds. The van der Waals surface area contributed by atoms with Gasteiger partial charge in [-0.05, 0) is 26.7 Å². The van der Waals surface area contributed by atoms with Crippen molar-refractivity contribution < 1.29 is 12.9 Å². The molecule has 0 aliphatic carbocycles. The summed E-state index contributed by atoms with van der Waals surface area (Å²) in [6.45, 7) is 4.69. The van der Waals surface area contributed by atoms with E-state index in [2.05, 4.69) is 15.1 Å². The molecule has 0 spiro atoms. The van der Waals surface area contributed by atoms with E-state index < -0.39 is 10.0 Å². The summed E-state index contributed by atoms with van der Waals surface area (Å²) in [6.07, 6.45) is 4.69. The Morgan fingerprint density at radius 3 is 2.78 bits per heavy atom. The predicted molar refractivity (Wildman–Crippen MR) is 85.4 cm³/mol. The molecular weight excluding hydrogens is 316 g/mol. The summed E-state index contributed by atoms with van der Waals surface area (Å²) in [6, 6.07) is 1.84. The minimum Gasteiger partial charge on any atom is -0.356 e. The van der Waals surface area contributed by atoms with Gasteiger partial charge in [-0.15, -0.1) is 0 Å². The summed E-state index contributed by atoms with van der Waals surface area (Å²) in [5.41, 5.74) is 2.41. The van der Waals surface area contributed by atoms with Crippen LogP contribution in [0.1, 0.15) is 36.0 Å². The maximum Gasteiger partial charge on any atom is 0.211 e. The van der Waals surface area contributed by atoms with E-state index in [1.54, 1.807) is 6.20 Å². The van der Waals surface area contributed by atoms with E-state index in [1.165, 1.54) is 10.6 Å². The van der Waals surface area contributed by atoms with Gasteiger partial charge in [-0.25, -0.2) is 22.7 Å². The second-order valence-corrected chi connectivity index (χ2v) is 7.99. The molecule has 7 nitrogen and oxygen atoms in total. The van der Waals surface area contributed by atoms with E-state index >= 15 is 0 Å². The van der Waals surface area contributed by atoms with Crippen molar-refractivity contribution in [2.24, 2.45) is 0 Å². The fraction of sp³-hybridized carbons (Fsp3) is 0.533. The molecule has 8 heteroatoms. The van der Waals surface area contributed by atoms with Crippen molar-refractivity contribution in [2.45, 2.75) is 32.6 Å². The van der Waals surface area contributed by atoms with Crippen molar-refractivity contribution in [1.29, 1.82) is 0 Å². The van der Waals surface area contributed by atoms with Crippen LogP contribution in [0.25, 0.3) is 11.3 Å². The fourth-order valence-electron chi connectivity index (χ4n) is 2.95. The lowest BCUT2D eigenvalue weighted by Gasteiger charge is -2.31. The summed E-state index contributed by atoms with van der Waals surface area (Å²) in [5.74, 6) is 1.31. The third-order valence-corrected chi connectivity index (χ3v) is 5.34. The zero-order valence-corrected chi connectivity index (χ0v) is 14.3. The van der Waals surface area contributed by atoms with Gasteiger partial charge in [-0.3, -0.25) is 0 Å². The molecule has 3 heterocycles. The van der Waals surface area contributed by atoms with Crippen LogP contribution in [0.3, 0.4) is 0 Å². The molecule has 0 saturated carbocycles. The number of hydrogen-bond donors (Lipinski definition) is 0. The number of nitrogens with zero attached hydrogens (tertiary/aromatic N) is 4. The standard InChI is InChI=1S/C15H20N4O3S/c1-10-7-14(22-18-10)13-8-16-11(2)17-15(13)12-5-4-6-19(9-12)23(3,20)21/h7-8,12H,4-6,9H2,1-3H3/t12-/m1/s1. The molecule has 1 aliphatic heterocycles. The summed E-state index contributed by atoms with van der Waals surface area (Å²) < 4.78 is 30.6. The van der Waals surface area contributed by atoms with Gasteiger partial charge in [0, 0.05) is 31.3 Å². The van der Waals surface area contributed by atoms with Crippen molar-refractivity contribution in [3.05, 3.63) is 29.5 Å². The van der Waals surface area contributed by atoms with Gasteiger partial charge >= 0.3 is 0 Å². The monoisotopic (exact) mass is 336 g/mol. The van der Waals surface area contributed by atoms with Gasteiger partial charge in [0.05, 0.1) is 23.2 Å². The second-order valence-electron chi connectivity index (χ2n) is 6.01. The van der Waals surface area contributed by atoms with Crippen LogP contribution in [-0.2, 0) is 10.0 Å². The Balaban J connectivity index is 2.00. The molecule has 0 N–H and O–H groups in total. The minimum atomic E-state index is -3.20. The Morgan fingerprint density at radius 1 is 1.35 bits per heavy atom. The molecule has 0 radical (unpaired) electrons. The molecule has 2 aromatic rings. The van der Waals surface area contributed by atoms with Crippen LogP contribution in [0.4, 0.5) is 0 Å². The molecule has 1 saturated heterocycles. The number of piperidine rings is 1. The van der Waals surface area contributed by atoms with Gasteiger partial charge in [-0.2, -0.15) is 0 Å². The predicted octanol–water partition coefficient (Wildman–Crippen LogP) is 1.89. The van der Waals surface area contributed by atoms with Gasteiger partial charge in [0.25, 0.3) is 0 Å². The highest BCUT2D eigenvalue weighted by atomic mass is 32.2. The third-order valence-electron chi connectivity index (χ3n) is 4.07. The van der Waals surface area contributed by atoms with Gasteiger partial charge in [0.15, 0.2) is 5.76 Å². The molecule has 0 bridgehead atoms. The van der Waals surface area contributed by atoms with Gasteiger partial charge in [0.1, 0.15) is 5.82 Å². The molecule has 3 rings (SSSR count). The average molecular weight is 336 g/mol. The first-order chi connectivity index (χ1) is 10.8. The highest BCUT2D eigenvalue weighted by Crippen LogP contribution is 2.33. The summed E-state index contributed by atoms with van der Waals surface area (Å²) in [5, 5.41) is 3.92. The van der Waals surface area contributed by atoms with E-state index in [1.807, 2.05) is 19.9 Å². The van der Waals surface area contributed by atoms with Crippen molar-refractivity contribution in [2.75, 3.05) is 19.3 Å². The Labute approximate surface area is 135 Å². The molecular formula is C15H20N4O3S. The second kappa shape index (κ2) is 6.01. The quantitative estimate of drug-likeness (QED) is 0.850. The van der Waals surface area contributed by atoms with E-state index in [4.69, 9.17) is 4.52 Å². The SMILES string of the molecule is Cc1cc(-c2cnc(C)nc2[C@@H]2CCCN(S(C)(=O)=O)C2)on1. The lowest BCUT2D eigenvalue weighted by molar-refractivity contribution is 0.314. The molecule has 0 unspecified atom stereocenters. The highest BCUT2D eigenvalue weighted by molar-refractivity contribution is 7.88. The topological polar surface area (TPSA) is 89.2 Å². The van der Waals surface area contributed by atoms with Crippen molar-refractivity contribution >= 4 is 10.0 Å². The summed E-state index contributed by atoms with van der Waals surface area (Å²) >= 11 is 0. The Bertz CT molecular complexity index is 816. The van der Waals surface area contributed by atoms with E-state index in [0.29, 0.717) is 24.7 Å². The normalized spacial score (nSPS) is 19.9. The van der Waals surface area contributed by atoms with E-state index in [0.717, 1.165) is 29.8 Å². The van der Waals surface area contributed by atoms with Crippen molar-refractivity contribution in [3.8, 4) is 11.3 Å². The van der Waals surface area contributed by atoms with Crippen LogP contribution in [0.5, 0.6) is 0 Å². The van der Waals surface area contributed by atoms with Crippen molar-refractivity contribution in [3.63, 3.8) is 0 Å². The average Bonchev–Trinajstić information content (AvgIpc) is 2.93. The van der Waals surface area contributed by atoms with Gasteiger partial charge in [0.2, 0.25) is 10.0 Å². The zero-order chi connectivity index (χ0) is 16.6. The first-order valence-electron chi connectivity index (χ1n) is 7.57. The number of sulfonamides is 1. The van der Waals surface area contributed by atoms with Crippen LogP contribution in [0.15, 0.2) is 16.8 Å². The maximum absolute atomic E-state index is 11.9. The molecule has 1 aliphatic rings. The third kappa shape index (κ3) is 3.42.